The minimum Gasteiger partial charge on any atom is -0.467 e. The van der Waals surface area contributed by atoms with Crippen LogP contribution in [0, 0.1) is 6.92 Å². The van der Waals surface area contributed by atoms with Crippen LogP contribution in [-0.4, -0.2) is 33.8 Å². The summed E-state index contributed by atoms with van der Waals surface area (Å²) in [5.41, 5.74) is 0. The SMILES string of the molecule is Cc1nnc(CSCC(=O)N(C)Cc2ccco2)s1. The number of aromatic nitrogens is 2. The van der Waals surface area contributed by atoms with Crippen molar-refractivity contribution in [2.75, 3.05) is 12.8 Å². The van der Waals surface area contributed by atoms with E-state index in [1.54, 1.807) is 41.3 Å². The van der Waals surface area contributed by atoms with Gasteiger partial charge in [0.25, 0.3) is 0 Å². The number of aryl methyl sites for hydroxylation is 1. The molecule has 0 saturated carbocycles. The molecule has 5 nitrogen and oxygen atoms in total. The van der Waals surface area contributed by atoms with Crippen molar-refractivity contribution in [1.82, 2.24) is 15.1 Å². The fourth-order valence-corrected chi connectivity index (χ4v) is 3.18. The third kappa shape index (κ3) is 4.36. The van der Waals surface area contributed by atoms with E-state index in [1.165, 1.54) is 0 Å². The maximum absolute atomic E-state index is 11.9. The van der Waals surface area contributed by atoms with Crippen LogP contribution in [0.2, 0.25) is 0 Å². The van der Waals surface area contributed by atoms with Gasteiger partial charge in [0.15, 0.2) is 0 Å². The zero-order valence-electron chi connectivity index (χ0n) is 10.8. The molecule has 0 aromatic carbocycles. The van der Waals surface area contributed by atoms with Crippen molar-refractivity contribution in [2.45, 2.75) is 19.2 Å². The highest BCUT2D eigenvalue weighted by atomic mass is 32.2. The molecule has 1 amide bonds. The summed E-state index contributed by atoms with van der Waals surface area (Å²) in [5.74, 6) is 2.05. The Morgan fingerprint density at radius 3 is 3.00 bits per heavy atom. The van der Waals surface area contributed by atoms with Crippen LogP contribution < -0.4 is 0 Å². The number of hydrogen-bond donors (Lipinski definition) is 0. The second-order valence-corrected chi connectivity index (χ2v) is 6.29. The first-order chi connectivity index (χ1) is 9.15. The number of amides is 1. The largest absolute Gasteiger partial charge is 0.467 e. The molecule has 0 aliphatic rings. The van der Waals surface area contributed by atoms with Crippen molar-refractivity contribution in [2.24, 2.45) is 0 Å². The second kappa shape index (κ2) is 6.72. The summed E-state index contributed by atoms with van der Waals surface area (Å²) < 4.78 is 5.21. The summed E-state index contributed by atoms with van der Waals surface area (Å²) in [4.78, 5) is 13.6. The van der Waals surface area contributed by atoms with E-state index >= 15 is 0 Å². The molecule has 0 bridgehead atoms. The fourth-order valence-electron chi connectivity index (χ4n) is 1.46. The highest BCUT2D eigenvalue weighted by Gasteiger charge is 2.11. The van der Waals surface area contributed by atoms with Gasteiger partial charge in [0.1, 0.15) is 15.8 Å². The summed E-state index contributed by atoms with van der Waals surface area (Å²) in [6.07, 6.45) is 1.61. The summed E-state index contributed by atoms with van der Waals surface area (Å²) in [6, 6.07) is 3.68. The molecule has 0 aliphatic heterocycles. The van der Waals surface area contributed by atoms with Gasteiger partial charge in [-0.2, -0.15) is 0 Å². The van der Waals surface area contributed by atoms with Crippen molar-refractivity contribution in [3.8, 4) is 0 Å². The van der Waals surface area contributed by atoms with Gasteiger partial charge in [-0.15, -0.1) is 33.3 Å². The number of hydrogen-bond acceptors (Lipinski definition) is 6. The third-order valence-corrected chi connectivity index (χ3v) is 4.37. The van der Waals surface area contributed by atoms with Crippen molar-refractivity contribution in [3.63, 3.8) is 0 Å². The quantitative estimate of drug-likeness (QED) is 0.819. The molecule has 0 aliphatic carbocycles. The first kappa shape index (κ1) is 14.1. The first-order valence-electron chi connectivity index (χ1n) is 5.78. The lowest BCUT2D eigenvalue weighted by atomic mass is 10.4. The van der Waals surface area contributed by atoms with Gasteiger partial charge in [-0.3, -0.25) is 4.79 Å². The van der Waals surface area contributed by atoms with E-state index < -0.39 is 0 Å². The standard InChI is InChI=1S/C12H15N3O2S2/c1-9-13-14-11(19-9)7-18-8-12(16)15(2)6-10-4-3-5-17-10/h3-5H,6-8H2,1-2H3. The molecule has 0 unspecified atom stereocenters. The summed E-state index contributed by atoms with van der Waals surface area (Å²) in [6.45, 7) is 2.43. The van der Waals surface area contributed by atoms with Crippen molar-refractivity contribution in [1.29, 1.82) is 0 Å². The molecule has 7 heteroatoms. The van der Waals surface area contributed by atoms with Crippen molar-refractivity contribution in [3.05, 3.63) is 34.2 Å². The van der Waals surface area contributed by atoms with E-state index in [1.807, 2.05) is 19.1 Å². The van der Waals surface area contributed by atoms with E-state index in [4.69, 9.17) is 4.42 Å². The first-order valence-corrected chi connectivity index (χ1v) is 7.75. The van der Waals surface area contributed by atoms with Crippen LogP contribution in [0.25, 0.3) is 0 Å². The number of nitrogens with zero attached hydrogens (tertiary/aromatic N) is 3. The molecule has 2 aromatic rings. The Morgan fingerprint density at radius 1 is 1.53 bits per heavy atom. The van der Waals surface area contributed by atoms with Crippen LogP contribution in [0.15, 0.2) is 22.8 Å². The molecule has 2 aromatic heterocycles. The monoisotopic (exact) mass is 297 g/mol. The molecule has 0 radical (unpaired) electrons. The van der Waals surface area contributed by atoms with E-state index in [0.717, 1.165) is 21.5 Å². The number of furan rings is 1. The Labute approximate surface area is 120 Å². The maximum atomic E-state index is 11.9. The molecule has 2 rings (SSSR count). The molecule has 0 fully saturated rings. The Morgan fingerprint density at radius 2 is 2.37 bits per heavy atom. The second-order valence-electron chi connectivity index (χ2n) is 4.04. The Kier molecular flexibility index (Phi) is 4.98. The van der Waals surface area contributed by atoms with Gasteiger partial charge in [-0.25, -0.2) is 0 Å². The van der Waals surface area contributed by atoms with Gasteiger partial charge in [0.2, 0.25) is 5.91 Å². The topological polar surface area (TPSA) is 59.2 Å². The molecular weight excluding hydrogens is 282 g/mol. The summed E-state index contributed by atoms with van der Waals surface area (Å²) in [7, 11) is 1.78. The summed E-state index contributed by atoms with van der Waals surface area (Å²) >= 11 is 3.12. The molecule has 0 saturated heterocycles. The number of rotatable bonds is 6. The molecule has 0 spiro atoms. The lowest BCUT2D eigenvalue weighted by Gasteiger charge is -2.15. The van der Waals surface area contributed by atoms with E-state index in [-0.39, 0.29) is 5.91 Å². The molecule has 2 heterocycles. The molecule has 102 valence electrons. The van der Waals surface area contributed by atoms with E-state index in [9.17, 15) is 4.79 Å². The Bertz CT molecular complexity index is 525. The van der Waals surface area contributed by atoms with E-state index in [2.05, 4.69) is 10.2 Å². The van der Waals surface area contributed by atoms with Gasteiger partial charge in [-0.05, 0) is 19.1 Å². The minimum absolute atomic E-state index is 0.0858. The van der Waals surface area contributed by atoms with Crippen LogP contribution in [-0.2, 0) is 17.1 Å². The van der Waals surface area contributed by atoms with Crippen LogP contribution in [0.3, 0.4) is 0 Å². The van der Waals surface area contributed by atoms with Gasteiger partial charge in [-0.1, -0.05) is 0 Å². The predicted molar refractivity (Wildman–Crippen MR) is 76.0 cm³/mol. The average molecular weight is 297 g/mol. The summed E-state index contributed by atoms with van der Waals surface area (Å²) in [5, 5.41) is 9.89. The molecular formula is C12H15N3O2S2. The minimum atomic E-state index is 0.0858. The van der Waals surface area contributed by atoms with Crippen LogP contribution in [0.5, 0.6) is 0 Å². The zero-order valence-corrected chi connectivity index (χ0v) is 12.5. The third-order valence-electron chi connectivity index (χ3n) is 2.42. The number of carbonyl (C=O) groups excluding carboxylic acids is 1. The lowest BCUT2D eigenvalue weighted by molar-refractivity contribution is -0.127. The molecule has 0 atom stereocenters. The maximum Gasteiger partial charge on any atom is 0.232 e. The van der Waals surface area contributed by atoms with Crippen LogP contribution in [0.4, 0.5) is 0 Å². The number of carbonyl (C=O) groups is 1. The molecule has 19 heavy (non-hydrogen) atoms. The van der Waals surface area contributed by atoms with Gasteiger partial charge >= 0.3 is 0 Å². The Balaban J connectivity index is 1.71. The fraction of sp³-hybridized carbons (Fsp3) is 0.417. The normalized spacial score (nSPS) is 10.6. The highest BCUT2D eigenvalue weighted by molar-refractivity contribution is 7.99. The smallest absolute Gasteiger partial charge is 0.232 e. The zero-order chi connectivity index (χ0) is 13.7. The molecule has 0 N–H and O–H groups in total. The van der Waals surface area contributed by atoms with Gasteiger partial charge < -0.3 is 9.32 Å². The lowest BCUT2D eigenvalue weighted by Crippen LogP contribution is -2.27. The van der Waals surface area contributed by atoms with Crippen LogP contribution >= 0.6 is 23.1 Å². The highest BCUT2D eigenvalue weighted by Crippen LogP contribution is 2.16. The van der Waals surface area contributed by atoms with Crippen molar-refractivity contribution >= 4 is 29.0 Å². The van der Waals surface area contributed by atoms with Gasteiger partial charge in [0.05, 0.1) is 18.6 Å². The number of thioether (sulfide) groups is 1. The van der Waals surface area contributed by atoms with Crippen molar-refractivity contribution < 1.29 is 9.21 Å². The predicted octanol–water partition coefficient (Wildman–Crippen LogP) is 2.33. The van der Waals surface area contributed by atoms with E-state index in [0.29, 0.717) is 12.3 Å². The van der Waals surface area contributed by atoms with Gasteiger partial charge in [0, 0.05) is 12.8 Å². The van der Waals surface area contributed by atoms with Crippen LogP contribution in [0.1, 0.15) is 15.8 Å². The Hall–Kier alpha value is -1.34. The average Bonchev–Trinajstić information content (AvgIpc) is 3.01.